The summed E-state index contributed by atoms with van der Waals surface area (Å²) in [6.07, 6.45) is 8.27. The van der Waals surface area contributed by atoms with E-state index in [0.29, 0.717) is 5.41 Å². The first-order valence-corrected chi connectivity index (χ1v) is 8.87. The van der Waals surface area contributed by atoms with Gasteiger partial charge in [-0.05, 0) is 38.1 Å². The molecule has 4 heteroatoms. The zero-order chi connectivity index (χ0) is 15.1. The molecular formula is C17H34N2O2. The van der Waals surface area contributed by atoms with E-state index in [0.717, 1.165) is 32.7 Å². The molecule has 1 aliphatic carbocycles. The van der Waals surface area contributed by atoms with E-state index in [1.165, 1.54) is 38.5 Å². The molecule has 0 aromatic heterocycles. The summed E-state index contributed by atoms with van der Waals surface area (Å²) in [5.74, 6) is 0. The average molecular weight is 298 g/mol. The van der Waals surface area contributed by atoms with Crippen molar-refractivity contribution >= 4 is 0 Å². The number of rotatable bonds is 7. The van der Waals surface area contributed by atoms with E-state index in [9.17, 15) is 5.11 Å². The molecule has 2 rings (SSSR count). The minimum absolute atomic E-state index is 0.00186. The van der Waals surface area contributed by atoms with Crippen LogP contribution in [0.3, 0.4) is 0 Å². The van der Waals surface area contributed by atoms with Gasteiger partial charge >= 0.3 is 0 Å². The Bertz CT molecular complexity index is 293. The third kappa shape index (κ3) is 5.20. The summed E-state index contributed by atoms with van der Waals surface area (Å²) in [4.78, 5) is 2.54. The van der Waals surface area contributed by atoms with Gasteiger partial charge in [-0.25, -0.2) is 0 Å². The van der Waals surface area contributed by atoms with E-state index in [1.807, 2.05) is 0 Å². The molecule has 1 heterocycles. The molecule has 2 unspecified atom stereocenters. The highest BCUT2D eigenvalue weighted by atomic mass is 16.5. The van der Waals surface area contributed by atoms with Gasteiger partial charge in [-0.2, -0.15) is 0 Å². The molecule has 1 aliphatic heterocycles. The highest BCUT2D eigenvalue weighted by molar-refractivity contribution is 4.90. The number of morpholine rings is 1. The number of aliphatic hydroxyl groups is 1. The van der Waals surface area contributed by atoms with E-state index in [4.69, 9.17) is 4.74 Å². The van der Waals surface area contributed by atoms with E-state index >= 15 is 0 Å². The average Bonchev–Trinajstić information content (AvgIpc) is 2.47. The molecule has 0 aromatic carbocycles. The van der Waals surface area contributed by atoms with Crippen molar-refractivity contribution in [2.24, 2.45) is 5.41 Å². The van der Waals surface area contributed by atoms with Crippen LogP contribution in [-0.2, 0) is 4.74 Å². The van der Waals surface area contributed by atoms with Crippen molar-refractivity contribution < 1.29 is 9.84 Å². The third-order valence-electron chi connectivity index (χ3n) is 5.01. The van der Waals surface area contributed by atoms with Crippen LogP contribution in [0.15, 0.2) is 0 Å². The monoisotopic (exact) mass is 298 g/mol. The van der Waals surface area contributed by atoms with Crippen molar-refractivity contribution in [2.75, 3.05) is 39.3 Å². The van der Waals surface area contributed by atoms with Crippen LogP contribution in [0.25, 0.3) is 0 Å². The summed E-state index contributed by atoms with van der Waals surface area (Å²) < 4.78 is 5.78. The number of nitrogens with zero attached hydrogens (tertiary/aromatic N) is 1. The molecule has 2 atom stereocenters. The van der Waals surface area contributed by atoms with Crippen LogP contribution in [0, 0.1) is 5.41 Å². The number of ether oxygens (including phenoxy) is 1. The largest absolute Gasteiger partial charge is 0.394 e. The first-order valence-electron chi connectivity index (χ1n) is 8.87. The summed E-state index contributed by atoms with van der Waals surface area (Å²) in [5, 5.41) is 13.1. The second kappa shape index (κ2) is 8.47. The van der Waals surface area contributed by atoms with Gasteiger partial charge in [0.25, 0.3) is 0 Å². The fourth-order valence-corrected chi connectivity index (χ4v) is 4.07. The molecule has 2 N–H and O–H groups in total. The van der Waals surface area contributed by atoms with Crippen molar-refractivity contribution in [2.45, 2.75) is 64.6 Å². The van der Waals surface area contributed by atoms with E-state index in [1.54, 1.807) is 0 Å². The minimum atomic E-state index is -0.00186. The van der Waals surface area contributed by atoms with Crippen LogP contribution in [0.1, 0.15) is 52.4 Å². The molecule has 2 aliphatic rings. The molecule has 4 nitrogen and oxygen atoms in total. The lowest BCUT2D eigenvalue weighted by Gasteiger charge is -2.45. The molecular weight excluding hydrogens is 264 g/mol. The number of hydrogen-bond donors (Lipinski definition) is 2. The number of aliphatic hydroxyl groups excluding tert-OH is 1. The lowest BCUT2D eigenvalue weighted by molar-refractivity contribution is -0.104. The molecule has 0 aromatic rings. The Kier molecular flexibility index (Phi) is 6.93. The Hall–Kier alpha value is -0.160. The molecule has 0 bridgehead atoms. The van der Waals surface area contributed by atoms with Gasteiger partial charge in [-0.3, -0.25) is 4.90 Å². The smallest absolute Gasteiger partial charge is 0.0936 e. The second-order valence-electron chi connectivity index (χ2n) is 7.18. The molecule has 1 saturated carbocycles. The maximum absolute atomic E-state index is 9.41. The number of nitrogens with one attached hydrogen (secondary N) is 1. The van der Waals surface area contributed by atoms with Crippen LogP contribution >= 0.6 is 0 Å². The zero-order valence-corrected chi connectivity index (χ0v) is 13.9. The normalized spacial score (nSPS) is 30.4. The lowest BCUT2D eigenvalue weighted by atomic mass is 9.73. The van der Waals surface area contributed by atoms with Crippen molar-refractivity contribution in [3.05, 3.63) is 0 Å². The molecule has 2 fully saturated rings. The summed E-state index contributed by atoms with van der Waals surface area (Å²) >= 11 is 0. The maximum Gasteiger partial charge on any atom is 0.0936 e. The van der Waals surface area contributed by atoms with Gasteiger partial charge in [0.05, 0.1) is 18.8 Å². The van der Waals surface area contributed by atoms with Gasteiger partial charge in [-0.1, -0.05) is 26.2 Å². The first kappa shape index (κ1) is 17.2. The Morgan fingerprint density at radius 2 is 2.00 bits per heavy atom. The van der Waals surface area contributed by atoms with E-state index in [-0.39, 0.29) is 18.8 Å². The van der Waals surface area contributed by atoms with Crippen molar-refractivity contribution in [1.82, 2.24) is 10.2 Å². The Morgan fingerprint density at radius 1 is 1.24 bits per heavy atom. The van der Waals surface area contributed by atoms with Gasteiger partial charge in [0.15, 0.2) is 0 Å². The zero-order valence-electron chi connectivity index (χ0n) is 13.9. The summed E-state index contributed by atoms with van der Waals surface area (Å²) in [5.41, 5.74) is 0.435. The van der Waals surface area contributed by atoms with E-state index < -0.39 is 0 Å². The lowest BCUT2D eigenvalue weighted by Crippen LogP contribution is -2.53. The standard InChI is InChI=1S/C17H34N2O2/c1-3-9-18-13-17(7-5-4-6-8-17)14-19-10-15(2)21-16(11-19)12-20/h15-16,18,20H,3-14H2,1-2H3. The quantitative estimate of drug-likeness (QED) is 0.706. The fraction of sp³-hybridized carbons (Fsp3) is 1.00. The Morgan fingerprint density at radius 3 is 2.67 bits per heavy atom. The van der Waals surface area contributed by atoms with Crippen molar-refractivity contribution in [3.8, 4) is 0 Å². The molecule has 0 spiro atoms. The van der Waals surface area contributed by atoms with Crippen LogP contribution in [-0.4, -0.2) is 61.5 Å². The van der Waals surface area contributed by atoms with Gasteiger partial charge in [0, 0.05) is 26.2 Å². The van der Waals surface area contributed by atoms with Gasteiger partial charge in [0.1, 0.15) is 0 Å². The molecule has 0 amide bonds. The number of hydrogen-bond acceptors (Lipinski definition) is 4. The highest BCUT2D eigenvalue weighted by Gasteiger charge is 2.36. The third-order valence-corrected chi connectivity index (χ3v) is 5.01. The highest BCUT2D eigenvalue weighted by Crippen LogP contribution is 2.37. The van der Waals surface area contributed by atoms with Crippen LogP contribution in [0.4, 0.5) is 0 Å². The molecule has 0 radical (unpaired) electrons. The molecule has 1 saturated heterocycles. The predicted octanol–water partition coefficient (Wildman–Crippen LogP) is 2.02. The first-order chi connectivity index (χ1) is 10.2. The SMILES string of the molecule is CCCNCC1(CN2CC(C)OC(CO)C2)CCCCC1. The van der Waals surface area contributed by atoms with Crippen LogP contribution in [0.5, 0.6) is 0 Å². The van der Waals surface area contributed by atoms with Crippen LogP contribution < -0.4 is 5.32 Å². The van der Waals surface area contributed by atoms with Crippen molar-refractivity contribution in [1.29, 1.82) is 0 Å². The topological polar surface area (TPSA) is 44.7 Å². The molecule has 21 heavy (non-hydrogen) atoms. The fourth-order valence-electron chi connectivity index (χ4n) is 4.07. The van der Waals surface area contributed by atoms with Gasteiger partial charge < -0.3 is 15.2 Å². The summed E-state index contributed by atoms with van der Waals surface area (Å²) in [6.45, 7) is 9.82. The van der Waals surface area contributed by atoms with Crippen molar-refractivity contribution in [3.63, 3.8) is 0 Å². The van der Waals surface area contributed by atoms with Gasteiger partial charge in [0.2, 0.25) is 0 Å². The maximum atomic E-state index is 9.41. The van der Waals surface area contributed by atoms with Gasteiger partial charge in [-0.15, -0.1) is 0 Å². The predicted molar refractivity (Wildman–Crippen MR) is 86.5 cm³/mol. The summed E-state index contributed by atoms with van der Waals surface area (Å²) in [6, 6.07) is 0. The minimum Gasteiger partial charge on any atom is -0.394 e. The molecule has 124 valence electrons. The Labute approximate surface area is 130 Å². The Balaban J connectivity index is 1.93. The van der Waals surface area contributed by atoms with Crippen LogP contribution in [0.2, 0.25) is 0 Å². The second-order valence-corrected chi connectivity index (χ2v) is 7.18. The van der Waals surface area contributed by atoms with E-state index in [2.05, 4.69) is 24.1 Å². The summed E-state index contributed by atoms with van der Waals surface area (Å²) in [7, 11) is 0.